The van der Waals surface area contributed by atoms with E-state index in [2.05, 4.69) is 179 Å². The number of nitriles is 1. The van der Waals surface area contributed by atoms with Gasteiger partial charge in [0, 0.05) is 80.0 Å². The zero-order valence-electron chi connectivity index (χ0n) is 39.8. The third kappa shape index (κ3) is 5.74. The number of nitrogens with zero attached hydrogens (tertiary/aromatic N) is 4. The largest absolute Gasteiger partial charge is 0.454 e. The number of para-hydroxylation sites is 2. The van der Waals surface area contributed by atoms with Gasteiger partial charge >= 0.3 is 0 Å². The van der Waals surface area contributed by atoms with Gasteiger partial charge in [-0.05, 0) is 41.0 Å². The van der Waals surface area contributed by atoms with Crippen LogP contribution in [0, 0.1) is 17.9 Å². The molecule has 11 aromatic carbocycles. The molecule has 0 unspecified atom stereocenters. The second kappa shape index (κ2) is 15.9. The van der Waals surface area contributed by atoms with Gasteiger partial charge in [0.05, 0.1) is 55.0 Å². The van der Waals surface area contributed by atoms with Gasteiger partial charge in [0.2, 0.25) is 5.69 Å². The first kappa shape index (κ1) is 41.8. The van der Waals surface area contributed by atoms with Crippen LogP contribution in [0.3, 0.4) is 0 Å². The van der Waals surface area contributed by atoms with Gasteiger partial charge in [0.1, 0.15) is 11.7 Å². The van der Waals surface area contributed by atoms with Crippen molar-refractivity contribution in [3.8, 4) is 50.8 Å². The molecular formula is C68H36N4OS2. The SMILES string of the molecule is [C-]#[N+]c1c(-c2ccccc2)c(C#N)c(-n2c3c(-c4ccccc4)cccc3c3ccc4c5ccccc5oc4c32)c(-c2ccccc2)c1-n1c2c(ccc3c4ccccc4sc32)c2ccc3c4ccccc4sc3c21. The monoisotopic (exact) mass is 988 g/mol. The lowest BCUT2D eigenvalue weighted by Crippen LogP contribution is -2.09. The molecule has 0 saturated carbocycles. The highest BCUT2D eigenvalue weighted by molar-refractivity contribution is 7.27. The van der Waals surface area contributed by atoms with Gasteiger partial charge in [-0.3, -0.25) is 0 Å². The lowest BCUT2D eigenvalue weighted by Gasteiger charge is -2.26. The molecule has 5 aromatic heterocycles. The Hall–Kier alpha value is -9.76. The molecule has 75 heavy (non-hydrogen) atoms. The molecule has 16 rings (SSSR count). The molecule has 346 valence electrons. The van der Waals surface area contributed by atoms with E-state index in [-0.39, 0.29) is 0 Å². The first-order valence-corrected chi connectivity index (χ1v) is 26.6. The average molecular weight is 989 g/mol. The van der Waals surface area contributed by atoms with Crippen molar-refractivity contribution < 1.29 is 4.42 Å². The Kier molecular flexibility index (Phi) is 8.85. The Morgan fingerprint density at radius 2 is 0.867 bits per heavy atom. The van der Waals surface area contributed by atoms with Crippen molar-refractivity contribution in [2.24, 2.45) is 0 Å². The van der Waals surface area contributed by atoms with Gasteiger partial charge in [-0.2, -0.15) is 5.26 Å². The van der Waals surface area contributed by atoms with Crippen LogP contribution in [0.5, 0.6) is 0 Å². The van der Waals surface area contributed by atoms with Gasteiger partial charge in [-0.25, -0.2) is 4.85 Å². The Morgan fingerprint density at radius 3 is 1.47 bits per heavy atom. The maximum atomic E-state index is 12.3. The van der Waals surface area contributed by atoms with Gasteiger partial charge in [0.15, 0.2) is 5.58 Å². The summed E-state index contributed by atoms with van der Waals surface area (Å²) in [6.07, 6.45) is 0. The molecule has 7 heteroatoms. The minimum atomic E-state index is 0.393. The molecule has 0 amide bonds. The number of benzene rings is 11. The van der Waals surface area contributed by atoms with E-state index < -0.39 is 0 Å². The van der Waals surface area contributed by atoms with Crippen LogP contribution in [0.4, 0.5) is 5.69 Å². The maximum Gasteiger partial charge on any atom is 0.220 e. The third-order valence-corrected chi connectivity index (χ3v) is 17.8. The second-order valence-electron chi connectivity index (χ2n) is 19.2. The summed E-state index contributed by atoms with van der Waals surface area (Å²) < 4.78 is 16.5. The Labute approximate surface area is 436 Å². The molecule has 0 aliphatic heterocycles. The van der Waals surface area contributed by atoms with Crippen LogP contribution in [0.1, 0.15) is 5.56 Å². The van der Waals surface area contributed by atoms with Crippen molar-refractivity contribution in [3.05, 3.63) is 235 Å². The van der Waals surface area contributed by atoms with Crippen molar-refractivity contribution in [2.45, 2.75) is 0 Å². The van der Waals surface area contributed by atoms with Crippen molar-refractivity contribution in [3.63, 3.8) is 0 Å². The molecule has 0 radical (unpaired) electrons. The summed E-state index contributed by atoms with van der Waals surface area (Å²) >= 11 is 3.59. The Balaban J connectivity index is 1.24. The molecule has 0 aliphatic carbocycles. The summed E-state index contributed by atoms with van der Waals surface area (Å²) in [6.45, 7) is 9.64. The van der Waals surface area contributed by atoms with E-state index in [1.807, 2.05) is 54.6 Å². The van der Waals surface area contributed by atoms with Gasteiger partial charge in [-0.15, -0.1) is 22.7 Å². The van der Waals surface area contributed by atoms with Crippen LogP contribution < -0.4 is 0 Å². The van der Waals surface area contributed by atoms with Crippen LogP contribution in [0.2, 0.25) is 0 Å². The molecule has 5 nitrogen and oxygen atoms in total. The molecule has 0 saturated heterocycles. The lowest BCUT2D eigenvalue weighted by molar-refractivity contribution is 0.671. The maximum absolute atomic E-state index is 12.3. The quantitative estimate of drug-likeness (QED) is 0.161. The molecule has 0 fully saturated rings. The first-order valence-electron chi connectivity index (χ1n) is 24.9. The van der Waals surface area contributed by atoms with Gasteiger partial charge in [-0.1, -0.05) is 194 Å². The van der Waals surface area contributed by atoms with E-state index in [4.69, 9.17) is 9.26 Å². The number of hydrogen-bond acceptors (Lipinski definition) is 4. The summed E-state index contributed by atoms with van der Waals surface area (Å²) in [6, 6.07) is 79.5. The number of hydrogen-bond donors (Lipinski definition) is 0. The van der Waals surface area contributed by atoms with Gasteiger partial charge < -0.3 is 13.6 Å². The average Bonchev–Trinajstić information content (AvgIpc) is 4.44. The fourth-order valence-electron chi connectivity index (χ4n) is 12.3. The molecule has 0 bridgehead atoms. The van der Waals surface area contributed by atoms with E-state index in [1.54, 1.807) is 22.7 Å². The fraction of sp³-hybridized carbons (Fsp3) is 0. The number of aromatic nitrogens is 2. The summed E-state index contributed by atoms with van der Waals surface area (Å²) in [5, 5.41) is 23.2. The van der Waals surface area contributed by atoms with Crippen molar-refractivity contribution in [1.29, 1.82) is 5.26 Å². The molecule has 0 N–H and O–H groups in total. The molecule has 0 aliphatic rings. The zero-order valence-corrected chi connectivity index (χ0v) is 41.4. The topological polar surface area (TPSA) is 51.1 Å². The van der Waals surface area contributed by atoms with E-state index in [0.29, 0.717) is 28.2 Å². The lowest BCUT2D eigenvalue weighted by atomic mass is 9.88. The van der Waals surface area contributed by atoms with Crippen molar-refractivity contribution in [1.82, 2.24) is 9.13 Å². The highest BCUT2D eigenvalue weighted by Crippen LogP contribution is 2.56. The summed E-state index contributed by atoms with van der Waals surface area (Å²) in [4.78, 5) is 4.70. The number of furan rings is 1. The van der Waals surface area contributed by atoms with Crippen molar-refractivity contribution >= 4 is 134 Å². The predicted octanol–water partition coefficient (Wildman–Crippen LogP) is 19.9. The highest BCUT2D eigenvalue weighted by Gasteiger charge is 2.34. The van der Waals surface area contributed by atoms with Crippen LogP contribution in [0.25, 0.3) is 155 Å². The van der Waals surface area contributed by atoms with E-state index in [1.165, 1.54) is 20.2 Å². The summed E-state index contributed by atoms with van der Waals surface area (Å²) in [5.41, 5.74) is 12.5. The molecular weight excluding hydrogens is 953 g/mol. The standard InChI is InChI=1S/C68H36N4OS2/c1-70-59-57(40-20-7-3-8-21-40)53(38-69)61(71-60-42(39-18-5-2-6-19-39)27-17-28-46(60)47-32-35-50-43-24-11-14-29-54(43)73-66(50)62(47)71)58(41-22-9-4-10-23-41)65(59)72-63-48(33-36-51-44-25-12-15-30-55(44)74-67(51)63)49-34-37-52-45-26-13-16-31-56(45)75-68(52)64(49)72/h2-37H. The number of thiophene rings is 2. The third-order valence-electron chi connectivity index (χ3n) is 15.4. The van der Waals surface area contributed by atoms with Crippen LogP contribution in [0.15, 0.2) is 223 Å². The van der Waals surface area contributed by atoms with Crippen molar-refractivity contribution in [2.75, 3.05) is 0 Å². The minimum Gasteiger partial charge on any atom is -0.454 e. The molecule has 16 aromatic rings. The van der Waals surface area contributed by atoms with E-state index >= 15 is 0 Å². The smallest absolute Gasteiger partial charge is 0.220 e. The number of rotatable bonds is 5. The zero-order chi connectivity index (χ0) is 49.5. The second-order valence-corrected chi connectivity index (χ2v) is 21.3. The minimum absolute atomic E-state index is 0.393. The van der Waals surface area contributed by atoms with E-state index in [0.717, 1.165) is 114 Å². The number of fused-ring (bicyclic) bond motifs is 18. The summed E-state index contributed by atoms with van der Waals surface area (Å²) in [7, 11) is 0. The first-order chi connectivity index (χ1) is 37.2. The highest BCUT2D eigenvalue weighted by atomic mass is 32.1. The predicted molar refractivity (Wildman–Crippen MR) is 315 cm³/mol. The molecule has 5 heterocycles. The van der Waals surface area contributed by atoms with Gasteiger partial charge in [0.25, 0.3) is 0 Å². The Morgan fingerprint density at radius 1 is 0.400 bits per heavy atom. The van der Waals surface area contributed by atoms with E-state index in [9.17, 15) is 11.8 Å². The van der Waals surface area contributed by atoms with Crippen LogP contribution >= 0.6 is 22.7 Å². The molecule has 0 atom stereocenters. The normalized spacial score (nSPS) is 12.0. The molecule has 0 spiro atoms. The fourth-order valence-corrected chi connectivity index (χ4v) is 14.8. The van der Waals surface area contributed by atoms with Crippen LogP contribution in [-0.2, 0) is 0 Å². The summed E-state index contributed by atoms with van der Waals surface area (Å²) in [5.74, 6) is 0. The van der Waals surface area contributed by atoms with Crippen LogP contribution in [-0.4, -0.2) is 9.13 Å². The Bertz CT molecular complexity index is 5070.